The third kappa shape index (κ3) is 2.87. The summed E-state index contributed by atoms with van der Waals surface area (Å²) in [6.45, 7) is 0.496. The summed E-state index contributed by atoms with van der Waals surface area (Å²) in [4.78, 5) is 0. The summed E-state index contributed by atoms with van der Waals surface area (Å²) in [7, 11) is 0. The van der Waals surface area contributed by atoms with E-state index in [4.69, 9.17) is 10.5 Å². The summed E-state index contributed by atoms with van der Waals surface area (Å²) in [5.41, 5.74) is 9.84. The van der Waals surface area contributed by atoms with Crippen molar-refractivity contribution in [2.45, 2.75) is 11.8 Å². The van der Waals surface area contributed by atoms with Gasteiger partial charge in [-0.3, -0.25) is 0 Å². The van der Waals surface area contributed by atoms with Gasteiger partial charge in [-0.1, -0.05) is 30.3 Å². The summed E-state index contributed by atoms with van der Waals surface area (Å²) in [6, 6.07) is 20.4. The molecule has 1 heterocycles. The zero-order chi connectivity index (χ0) is 17.4. The number of fused-ring (bicyclic) bond motifs is 1. The first-order chi connectivity index (χ1) is 12.1. The maximum atomic E-state index is 9.77. The molecule has 4 N–H and O–H groups in total. The second kappa shape index (κ2) is 6.06. The van der Waals surface area contributed by atoms with Crippen molar-refractivity contribution in [3.05, 3.63) is 83.4 Å². The Balaban J connectivity index is 1.84. The van der Waals surface area contributed by atoms with E-state index in [1.54, 1.807) is 24.3 Å². The van der Waals surface area contributed by atoms with Crippen molar-refractivity contribution >= 4 is 5.69 Å². The molecule has 0 spiro atoms. The van der Waals surface area contributed by atoms with Gasteiger partial charge in [0.05, 0.1) is 6.61 Å². The molecule has 4 heteroatoms. The molecule has 1 aliphatic rings. The predicted molar refractivity (Wildman–Crippen MR) is 97.1 cm³/mol. The van der Waals surface area contributed by atoms with Gasteiger partial charge in [-0.15, -0.1) is 0 Å². The van der Waals surface area contributed by atoms with Gasteiger partial charge in [0.25, 0.3) is 0 Å². The third-order valence-corrected chi connectivity index (χ3v) is 4.77. The van der Waals surface area contributed by atoms with Gasteiger partial charge < -0.3 is 20.7 Å². The smallest absolute Gasteiger partial charge is 0.126 e. The molecule has 0 aromatic heterocycles. The normalized spacial score (nSPS) is 19.0. The minimum absolute atomic E-state index is 0.0782. The fraction of sp³-hybridized carbons (Fsp3) is 0.143. The highest BCUT2D eigenvalue weighted by atomic mass is 16.5. The Labute approximate surface area is 146 Å². The van der Waals surface area contributed by atoms with E-state index in [0.29, 0.717) is 12.4 Å². The van der Waals surface area contributed by atoms with Gasteiger partial charge in [-0.2, -0.15) is 0 Å². The van der Waals surface area contributed by atoms with Crippen LogP contribution in [0.4, 0.5) is 5.69 Å². The lowest BCUT2D eigenvalue weighted by molar-refractivity contribution is 0.247. The molecule has 0 bridgehead atoms. The number of hydrogen-bond acceptors (Lipinski definition) is 4. The highest BCUT2D eigenvalue weighted by molar-refractivity contribution is 5.52. The maximum Gasteiger partial charge on any atom is 0.126 e. The number of aromatic hydroxyl groups is 2. The van der Waals surface area contributed by atoms with E-state index in [1.165, 1.54) is 0 Å². The van der Waals surface area contributed by atoms with Crippen LogP contribution in [-0.2, 0) is 0 Å². The van der Waals surface area contributed by atoms with Crippen LogP contribution < -0.4 is 10.5 Å². The van der Waals surface area contributed by atoms with E-state index in [0.717, 1.165) is 22.4 Å². The Morgan fingerprint density at radius 2 is 1.44 bits per heavy atom. The Morgan fingerprint density at radius 3 is 2.16 bits per heavy atom. The molecule has 0 fully saturated rings. The van der Waals surface area contributed by atoms with Crippen molar-refractivity contribution in [3.63, 3.8) is 0 Å². The minimum atomic E-state index is 0.0782. The van der Waals surface area contributed by atoms with Gasteiger partial charge in [0, 0.05) is 29.2 Å². The van der Waals surface area contributed by atoms with Crippen molar-refractivity contribution in [1.29, 1.82) is 0 Å². The van der Waals surface area contributed by atoms with Crippen LogP contribution in [0.1, 0.15) is 28.5 Å². The lowest BCUT2D eigenvalue weighted by Gasteiger charge is -2.34. The number of phenols is 2. The van der Waals surface area contributed by atoms with Gasteiger partial charge in [0.2, 0.25) is 0 Å². The first kappa shape index (κ1) is 15.4. The van der Waals surface area contributed by atoms with Crippen LogP contribution >= 0.6 is 0 Å². The minimum Gasteiger partial charge on any atom is -0.508 e. The number of phenolic OH excluding ortho intramolecular Hbond substituents is 2. The molecule has 0 aliphatic carbocycles. The van der Waals surface area contributed by atoms with Crippen molar-refractivity contribution in [2.24, 2.45) is 0 Å². The Kier molecular flexibility index (Phi) is 3.73. The molecular formula is C21H19NO3. The summed E-state index contributed by atoms with van der Waals surface area (Å²) in [6.07, 6.45) is 0. The van der Waals surface area contributed by atoms with E-state index < -0.39 is 0 Å². The van der Waals surface area contributed by atoms with E-state index >= 15 is 0 Å². The molecule has 2 unspecified atom stereocenters. The largest absolute Gasteiger partial charge is 0.508 e. The van der Waals surface area contributed by atoms with Crippen LogP contribution in [0, 0.1) is 0 Å². The summed E-state index contributed by atoms with van der Waals surface area (Å²) < 4.78 is 5.93. The van der Waals surface area contributed by atoms with Crippen LogP contribution in [0.3, 0.4) is 0 Å². The SMILES string of the molecule is Nc1ccc(C2c3ccc(O)cc3OCC2c2ccc(O)cc2)cc1. The molecule has 2 atom stereocenters. The van der Waals surface area contributed by atoms with Crippen molar-refractivity contribution in [2.75, 3.05) is 12.3 Å². The van der Waals surface area contributed by atoms with E-state index in [9.17, 15) is 10.2 Å². The van der Waals surface area contributed by atoms with Gasteiger partial charge in [-0.05, 0) is 41.5 Å². The van der Waals surface area contributed by atoms with Gasteiger partial charge in [0.1, 0.15) is 17.2 Å². The zero-order valence-electron chi connectivity index (χ0n) is 13.6. The first-order valence-corrected chi connectivity index (χ1v) is 8.22. The van der Waals surface area contributed by atoms with E-state index in [2.05, 4.69) is 0 Å². The summed E-state index contributed by atoms with van der Waals surface area (Å²) in [5.74, 6) is 1.32. The third-order valence-electron chi connectivity index (χ3n) is 4.77. The predicted octanol–water partition coefficient (Wildman–Crippen LogP) is 3.99. The maximum absolute atomic E-state index is 9.77. The van der Waals surface area contributed by atoms with Crippen LogP contribution in [0.5, 0.6) is 17.2 Å². The molecule has 0 radical (unpaired) electrons. The fourth-order valence-electron chi connectivity index (χ4n) is 3.52. The molecule has 0 saturated heterocycles. The monoisotopic (exact) mass is 333 g/mol. The number of ether oxygens (including phenoxy) is 1. The quantitative estimate of drug-likeness (QED) is 0.620. The summed E-state index contributed by atoms with van der Waals surface area (Å²) in [5, 5.41) is 19.4. The van der Waals surface area contributed by atoms with Gasteiger partial charge in [-0.25, -0.2) is 0 Å². The second-order valence-corrected chi connectivity index (χ2v) is 6.38. The molecule has 126 valence electrons. The standard InChI is InChI=1S/C21H19NO3/c22-15-5-1-14(2-6-15)21-18-10-9-17(24)11-20(18)25-12-19(21)13-3-7-16(23)8-4-13/h1-11,19,21,23-24H,12,22H2. The number of nitrogens with two attached hydrogens (primary N) is 1. The molecule has 4 nitrogen and oxygen atoms in total. The van der Waals surface area contributed by atoms with Crippen molar-refractivity contribution < 1.29 is 14.9 Å². The van der Waals surface area contributed by atoms with Crippen LogP contribution in [-0.4, -0.2) is 16.8 Å². The lowest BCUT2D eigenvalue weighted by Crippen LogP contribution is -2.25. The average Bonchev–Trinajstić information content (AvgIpc) is 2.62. The first-order valence-electron chi connectivity index (χ1n) is 8.22. The Hall–Kier alpha value is -3.14. The number of benzene rings is 3. The van der Waals surface area contributed by atoms with Gasteiger partial charge >= 0.3 is 0 Å². The Morgan fingerprint density at radius 1 is 0.800 bits per heavy atom. The van der Waals surface area contributed by atoms with Crippen LogP contribution in [0.25, 0.3) is 0 Å². The lowest BCUT2D eigenvalue weighted by atomic mass is 9.76. The van der Waals surface area contributed by atoms with Crippen LogP contribution in [0.15, 0.2) is 66.7 Å². The van der Waals surface area contributed by atoms with E-state index in [1.807, 2.05) is 42.5 Å². The molecule has 1 aliphatic heterocycles. The second-order valence-electron chi connectivity index (χ2n) is 6.38. The number of hydrogen-bond donors (Lipinski definition) is 3. The zero-order valence-corrected chi connectivity index (χ0v) is 13.6. The molecule has 0 saturated carbocycles. The fourth-order valence-corrected chi connectivity index (χ4v) is 3.52. The Bertz CT molecular complexity index is 888. The molecule has 3 aromatic rings. The molecule has 3 aromatic carbocycles. The van der Waals surface area contributed by atoms with Crippen molar-refractivity contribution in [3.8, 4) is 17.2 Å². The highest BCUT2D eigenvalue weighted by Gasteiger charge is 2.33. The molecular weight excluding hydrogens is 314 g/mol. The van der Waals surface area contributed by atoms with E-state index in [-0.39, 0.29) is 23.3 Å². The van der Waals surface area contributed by atoms with Crippen LogP contribution in [0.2, 0.25) is 0 Å². The number of anilines is 1. The van der Waals surface area contributed by atoms with Gasteiger partial charge in [0.15, 0.2) is 0 Å². The topological polar surface area (TPSA) is 75.7 Å². The number of nitrogen functional groups attached to an aromatic ring is 1. The van der Waals surface area contributed by atoms with Crippen molar-refractivity contribution in [1.82, 2.24) is 0 Å². The summed E-state index contributed by atoms with van der Waals surface area (Å²) >= 11 is 0. The number of rotatable bonds is 2. The molecule has 0 amide bonds. The average molecular weight is 333 g/mol. The highest BCUT2D eigenvalue weighted by Crippen LogP contribution is 2.47. The molecule has 4 rings (SSSR count). The molecule has 25 heavy (non-hydrogen) atoms.